The Hall–Kier alpha value is -3.14. The second-order valence-corrected chi connectivity index (χ2v) is 8.70. The van der Waals surface area contributed by atoms with Gasteiger partial charge in [0.25, 0.3) is 5.91 Å². The highest BCUT2D eigenvalue weighted by atomic mass is 19.4. The maximum atomic E-state index is 13.2. The second-order valence-electron chi connectivity index (χ2n) is 8.70. The molecule has 174 valence electrons. The summed E-state index contributed by atoms with van der Waals surface area (Å²) in [5, 5.41) is 3.40. The van der Waals surface area contributed by atoms with Crippen molar-refractivity contribution in [1.82, 2.24) is 15.3 Å². The molecule has 2 heterocycles. The van der Waals surface area contributed by atoms with Crippen LogP contribution in [0.2, 0.25) is 0 Å². The molecular weight excluding hydrogens is 437 g/mol. The number of nitrogens with zero attached hydrogens (tertiary/aromatic N) is 2. The van der Waals surface area contributed by atoms with Gasteiger partial charge in [-0.05, 0) is 48.9 Å². The molecule has 1 atom stereocenters. The zero-order valence-electron chi connectivity index (χ0n) is 18.0. The number of nitrogens with one attached hydrogen (secondary N) is 1. The van der Waals surface area contributed by atoms with E-state index in [-0.39, 0.29) is 52.5 Å². The van der Waals surface area contributed by atoms with Crippen LogP contribution in [0.5, 0.6) is 5.75 Å². The summed E-state index contributed by atoms with van der Waals surface area (Å²) < 4.78 is 50.6. The molecule has 1 spiro atoms. The Kier molecular flexibility index (Phi) is 5.08. The first-order chi connectivity index (χ1) is 15.8. The number of rotatable bonds is 5. The van der Waals surface area contributed by atoms with Crippen molar-refractivity contribution in [3.63, 3.8) is 0 Å². The Bertz CT molecular complexity index is 1230. The molecule has 2 saturated carbocycles. The van der Waals surface area contributed by atoms with E-state index in [4.69, 9.17) is 14.9 Å². The van der Waals surface area contributed by atoms with E-state index >= 15 is 0 Å². The van der Waals surface area contributed by atoms with Crippen LogP contribution in [-0.2, 0) is 12.7 Å². The predicted octanol–water partition coefficient (Wildman–Crippen LogP) is 4.44. The zero-order chi connectivity index (χ0) is 23.4. The monoisotopic (exact) mass is 460 g/mol. The molecule has 5 rings (SSSR count). The zero-order valence-corrected chi connectivity index (χ0v) is 18.0. The van der Waals surface area contributed by atoms with E-state index in [1.807, 2.05) is 0 Å². The molecule has 2 aliphatic carbocycles. The fraction of sp³-hybridized carbons (Fsp3) is 0.435. The first-order valence-electron chi connectivity index (χ1n) is 10.8. The largest absolute Gasteiger partial charge is 0.494 e. The number of alkyl halides is 3. The van der Waals surface area contributed by atoms with Crippen molar-refractivity contribution < 1.29 is 27.1 Å². The van der Waals surface area contributed by atoms with Crippen LogP contribution in [0.3, 0.4) is 0 Å². The van der Waals surface area contributed by atoms with Gasteiger partial charge in [0.1, 0.15) is 17.0 Å². The van der Waals surface area contributed by atoms with Crippen LogP contribution in [0.1, 0.15) is 54.0 Å². The van der Waals surface area contributed by atoms with Gasteiger partial charge in [-0.3, -0.25) is 4.79 Å². The van der Waals surface area contributed by atoms with Crippen molar-refractivity contribution in [3.05, 3.63) is 41.4 Å². The maximum absolute atomic E-state index is 13.2. The number of amides is 1. The highest BCUT2D eigenvalue weighted by molar-refractivity contribution is 5.98. The third-order valence-corrected chi connectivity index (χ3v) is 6.75. The van der Waals surface area contributed by atoms with Gasteiger partial charge in [-0.2, -0.15) is 13.2 Å². The smallest absolute Gasteiger partial charge is 0.433 e. The number of oxazole rings is 1. The molecule has 3 N–H and O–H groups in total. The van der Waals surface area contributed by atoms with E-state index in [9.17, 15) is 18.0 Å². The van der Waals surface area contributed by atoms with E-state index in [1.54, 1.807) is 6.07 Å². The topological polar surface area (TPSA) is 103 Å². The molecule has 2 aliphatic rings. The lowest BCUT2D eigenvalue weighted by Gasteiger charge is -2.11. The number of fused-ring (bicyclic) bond motifs is 1. The van der Waals surface area contributed by atoms with Crippen molar-refractivity contribution in [2.75, 3.05) is 7.11 Å². The highest BCUT2D eigenvalue weighted by Crippen LogP contribution is 2.57. The quantitative estimate of drug-likeness (QED) is 0.584. The van der Waals surface area contributed by atoms with Gasteiger partial charge in [0.2, 0.25) is 5.89 Å². The number of halogens is 3. The summed E-state index contributed by atoms with van der Waals surface area (Å²) in [6.45, 7) is -0.0455. The predicted molar refractivity (Wildman–Crippen MR) is 113 cm³/mol. The molecule has 2 aromatic heterocycles. The average molecular weight is 460 g/mol. The molecule has 3 aromatic rings. The fourth-order valence-corrected chi connectivity index (χ4v) is 4.89. The third-order valence-electron chi connectivity index (χ3n) is 6.75. The minimum atomic E-state index is -4.60. The lowest BCUT2D eigenvalue weighted by Crippen LogP contribution is -2.30. The van der Waals surface area contributed by atoms with Crippen LogP contribution in [0, 0.1) is 5.41 Å². The Morgan fingerprint density at radius 3 is 2.67 bits per heavy atom. The number of hydrogen-bond donors (Lipinski definition) is 2. The first kappa shape index (κ1) is 21.7. The van der Waals surface area contributed by atoms with Gasteiger partial charge in [0.15, 0.2) is 11.5 Å². The number of hydrogen-bond acceptors (Lipinski definition) is 6. The Morgan fingerprint density at radius 2 is 2.00 bits per heavy atom. The van der Waals surface area contributed by atoms with Gasteiger partial charge in [-0.25, -0.2) is 9.97 Å². The molecule has 10 heteroatoms. The van der Waals surface area contributed by atoms with Gasteiger partial charge in [0.05, 0.1) is 13.7 Å². The molecule has 0 unspecified atom stereocenters. The second kappa shape index (κ2) is 7.72. The summed E-state index contributed by atoms with van der Waals surface area (Å²) >= 11 is 0. The number of benzene rings is 1. The lowest BCUT2D eigenvalue weighted by atomic mass is 10.1. The molecule has 1 aromatic carbocycles. The fourth-order valence-electron chi connectivity index (χ4n) is 4.89. The van der Waals surface area contributed by atoms with Crippen molar-refractivity contribution in [1.29, 1.82) is 0 Å². The van der Waals surface area contributed by atoms with E-state index < -0.39 is 11.9 Å². The van der Waals surface area contributed by atoms with Crippen molar-refractivity contribution in [2.24, 2.45) is 11.1 Å². The summed E-state index contributed by atoms with van der Waals surface area (Å²) in [4.78, 5) is 21.1. The van der Waals surface area contributed by atoms with Gasteiger partial charge in [-0.15, -0.1) is 0 Å². The summed E-state index contributed by atoms with van der Waals surface area (Å²) in [6.07, 6.45) is 0.979. The third kappa shape index (κ3) is 3.72. The number of nitrogens with two attached hydrogens (primary N) is 1. The average Bonchev–Trinajstić information content (AvgIpc) is 3.12. The highest BCUT2D eigenvalue weighted by Gasteiger charge is 2.55. The number of aromatic nitrogens is 2. The van der Waals surface area contributed by atoms with Crippen LogP contribution in [0.25, 0.3) is 22.4 Å². The molecule has 0 saturated heterocycles. The van der Waals surface area contributed by atoms with E-state index in [2.05, 4.69) is 15.3 Å². The Morgan fingerprint density at radius 1 is 1.24 bits per heavy atom. The molecule has 33 heavy (non-hydrogen) atoms. The van der Waals surface area contributed by atoms with Crippen molar-refractivity contribution >= 4 is 16.8 Å². The summed E-state index contributed by atoms with van der Waals surface area (Å²) in [5.41, 5.74) is 5.48. The van der Waals surface area contributed by atoms with Crippen molar-refractivity contribution in [3.8, 4) is 17.2 Å². The SMILES string of the molecule is COc1ccc(-c2nc(C(=O)N[C@@H]3CC34CCCC4)c(CN)o2)c2ccc(C(F)(F)F)nc12. The standard InChI is InChI=1S/C23H23F3N4O3/c1-32-14-6-4-13(12-5-7-16(23(24,25)26)28-18(12)14)21-30-19(15(11-27)33-21)20(31)29-17-10-22(17)8-2-3-9-22/h4-7,17H,2-3,8-11,27H2,1H3,(H,29,31)/t17-/m1/s1. The van der Waals surface area contributed by atoms with Crippen LogP contribution < -0.4 is 15.8 Å². The van der Waals surface area contributed by atoms with Crippen LogP contribution in [0.4, 0.5) is 13.2 Å². The number of carbonyl (C=O) groups is 1. The Labute approximate surface area is 187 Å². The van der Waals surface area contributed by atoms with Gasteiger partial charge >= 0.3 is 6.18 Å². The van der Waals surface area contributed by atoms with Gasteiger partial charge < -0.3 is 20.2 Å². The molecule has 1 amide bonds. The maximum Gasteiger partial charge on any atom is 0.433 e. The van der Waals surface area contributed by atoms with Crippen LogP contribution in [0.15, 0.2) is 28.7 Å². The normalized spacial score (nSPS) is 19.2. The van der Waals surface area contributed by atoms with E-state index in [0.29, 0.717) is 10.9 Å². The number of carbonyl (C=O) groups excluding carboxylic acids is 1. The number of pyridine rings is 1. The number of ether oxygens (including phenoxy) is 1. The summed E-state index contributed by atoms with van der Waals surface area (Å²) in [7, 11) is 1.35. The van der Waals surface area contributed by atoms with Gasteiger partial charge in [0, 0.05) is 17.0 Å². The molecular formula is C23H23F3N4O3. The van der Waals surface area contributed by atoms with E-state index in [1.165, 1.54) is 32.1 Å². The summed E-state index contributed by atoms with van der Waals surface area (Å²) in [5.74, 6) is 0.127. The Balaban J connectivity index is 1.51. The molecule has 0 aliphatic heterocycles. The molecule has 0 bridgehead atoms. The molecule has 0 radical (unpaired) electrons. The minimum absolute atomic E-state index is 0.0180. The molecule has 7 nitrogen and oxygen atoms in total. The summed E-state index contributed by atoms with van der Waals surface area (Å²) in [6, 6.07) is 5.41. The van der Waals surface area contributed by atoms with Crippen LogP contribution >= 0.6 is 0 Å². The molecule has 2 fully saturated rings. The van der Waals surface area contributed by atoms with E-state index in [0.717, 1.165) is 25.3 Å². The van der Waals surface area contributed by atoms with Gasteiger partial charge in [-0.1, -0.05) is 12.8 Å². The minimum Gasteiger partial charge on any atom is -0.494 e. The number of methoxy groups -OCH3 is 1. The van der Waals surface area contributed by atoms with Crippen LogP contribution in [-0.4, -0.2) is 29.0 Å². The van der Waals surface area contributed by atoms with Crippen molar-refractivity contribution in [2.45, 2.75) is 50.9 Å². The first-order valence-corrected chi connectivity index (χ1v) is 10.8. The lowest BCUT2D eigenvalue weighted by molar-refractivity contribution is -0.140.